The van der Waals surface area contributed by atoms with Crippen molar-refractivity contribution in [2.75, 3.05) is 39.6 Å². The van der Waals surface area contributed by atoms with E-state index in [1.165, 1.54) is 64.2 Å². The van der Waals surface area contributed by atoms with Gasteiger partial charge < -0.3 is 19.3 Å². The second kappa shape index (κ2) is 25.9. The molecular weight excluding hydrogens is 418 g/mol. The molecule has 2 N–H and O–H groups in total. The van der Waals surface area contributed by atoms with Gasteiger partial charge in [0.25, 0.3) is 0 Å². The van der Waals surface area contributed by atoms with Crippen LogP contribution in [0.1, 0.15) is 117 Å². The minimum Gasteiger partial charge on any atom is -0.466 e. The number of aliphatic hydroxyl groups is 1. The van der Waals surface area contributed by atoms with Crippen molar-refractivity contribution in [1.82, 2.24) is 5.32 Å². The SMILES string of the molecule is CCCCCCC(CCCCCC)CCOC(=O)CCCCCNC(C)OCCOCCO. The smallest absolute Gasteiger partial charge is 0.305 e. The van der Waals surface area contributed by atoms with E-state index in [1.807, 2.05) is 6.92 Å². The fraction of sp³-hybridized carbons (Fsp3) is 0.963. The Morgan fingerprint density at radius 3 is 2.09 bits per heavy atom. The molecule has 0 heterocycles. The lowest BCUT2D eigenvalue weighted by atomic mass is 9.92. The van der Waals surface area contributed by atoms with Crippen molar-refractivity contribution >= 4 is 5.97 Å². The lowest BCUT2D eigenvalue weighted by molar-refractivity contribution is -0.144. The average Bonchev–Trinajstić information content (AvgIpc) is 2.81. The molecule has 6 heteroatoms. The highest BCUT2D eigenvalue weighted by Gasteiger charge is 2.11. The van der Waals surface area contributed by atoms with E-state index in [9.17, 15) is 4.79 Å². The highest BCUT2D eigenvalue weighted by atomic mass is 16.5. The van der Waals surface area contributed by atoms with E-state index in [0.29, 0.717) is 38.8 Å². The maximum absolute atomic E-state index is 12.1. The summed E-state index contributed by atoms with van der Waals surface area (Å²) < 4.78 is 16.3. The number of hydrogen-bond acceptors (Lipinski definition) is 6. The Hall–Kier alpha value is -0.690. The molecular formula is C27H55NO5. The Morgan fingerprint density at radius 2 is 1.45 bits per heavy atom. The molecule has 0 spiro atoms. The van der Waals surface area contributed by atoms with Crippen molar-refractivity contribution < 1.29 is 24.1 Å². The standard InChI is InChI=1S/C27H55NO5/c1-4-6-8-11-15-26(16-12-9-7-5-2)18-21-33-27(30)17-13-10-14-19-28-25(3)32-24-23-31-22-20-29/h25-26,28-29H,4-24H2,1-3H3. The summed E-state index contributed by atoms with van der Waals surface area (Å²) in [4.78, 5) is 12.1. The fourth-order valence-electron chi connectivity index (χ4n) is 3.95. The summed E-state index contributed by atoms with van der Waals surface area (Å²) in [6.07, 6.45) is 17.5. The average molecular weight is 474 g/mol. The van der Waals surface area contributed by atoms with Crippen LogP contribution in [0.2, 0.25) is 0 Å². The zero-order valence-electron chi connectivity index (χ0n) is 22.1. The number of rotatable bonds is 26. The third kappa shape index (κ3) is 24.2. The molecule has 0 fully saturated rings. The molecule has 0 aliphatic carbocycles. The van der Waals surface area contributed by atoms with E-state index in [2.05, 4.69) is 19.2 Å². The summed E-state index contributed by atoms with van der Waals surface area (Å²) in [5.41, 5.74) is 0. The van der Waals surface area contributed by atoms with Crippen LogP contribution in [0.4, 0.5) is 0 Å². The molecule has 1 atom stereocenters. The molecule has 0 aliphatic rings. The normalized spacial score (nSPS) is 12.4. The Morgan fingerprint density at radius 1 is 0.788 bits per heavy atom. The number of ether oxygens (including phenoxy) is 3. The number of nitrogens with one attached hydrogen (secondary N) is 1. The summed E-state index contributed by atoms with van der Waals surface area (Å²) in [6.45, 7) is 9.34. The van der Waals surface area contributed by atoms with Gasteiger partial charge in [-0.15, -0.1) is 0 Å². The van der Waals surface area contributed by atoms with Crippen molar-refractivity contribution in [3.05, 3.63) is 0 Å². The Bertz CT molecular complexity index is 396. The number of aliphatic hydroxyl groups excluding tert-OH is 1. The van der Waals surface area contributed by atoms with Crippen LogP contribution in [0, 0.1) is 5.92 Å². The first-order valence-corrected chi connectivity index (χ1v) is 13.8. The van der Waals surface area contributed by atoms with E-state index in [4.69, 9.17) is 19.3 Å². The maximum atomic E-state index is 12.1. The second-order valence-electron chi connectivity index (χ2n) is 9.19. The van der Waals surface area contributed by atoms with Crippen LogP contribution in [0.3, 0.4) is 0 Å². The number of carbonyl (C=O) groups is 1. The van der Waals surface area contributed by atoms with Crippen molar-refractivity contribution in [3.8, 4) is 0 Å². The first-order valence-electron chi connectivity index (χ1n) is 13.8. The maximum Gasteiger partial charge on any atom is 0.305 e. The number of carbonyl (C=O) groups excluding carboxylic acids is 1. The highest BCUT2D eigenvalue weighted by molar-refractivity contribution is 5.69. The molecule has 0 aliphatic heterocycles. The quantitative estimate of drug-likeness (QED) is 0.0911. The van der Waals surface area contributed by atoms with Gasteiger partial charge in [0.05, 0.1) is 33.0 Å². The molecule has 1 unspecified atom stereocenters. The molecule has 0 aromatic heterocycles. The molecule has 0 aromatic carbocycles. The molecule has 0 bridgehead atoms. The lowest BCUT2D eigenvalue weighted by Gasteiger charge is -2.17. The van der Waals surface area contributed by atoms with Gasteiger partial charge in [-0.05, 0) is 38.6 Å². The van der Waals surface area contributed by atoms with E-state index < -0.39 is 0 Å². The third-order valence-electron chi connectivity index (χ3n) is 6.04. The molecule has 33 heavy (non-hydrogen) atoms. The summed E-state index contributed by atoms with van der Waals surface area (Å²) in [7, 11) is 0. The van der Waals surface area contributed by atoms with E-state index in [-0.39, 0.29) is 18.8 Å². The first kappa shape index (κ1) is 32.3. The van der Waals surface area contributed by atoms with Crippen molar-refractivity contribution in [1.29, 1.82) is 0 Å². The van der Waals surface area contributed by atoms with Gasteiger partial charge in [0.15, 0.2) is 0 Å². The van der Waals surface area contributed by atoms with Gasteiger partial charge in [-0.1, -0.05) is 84.5 Å². The Balaban J connectivity index is 3.73. The van der Waals surface area contributed by atoms with E-state index in [1.54, 1.807) is 0 Å². The first-order chi connectivity index (χ1) is 16.1. The fourth-order valence-corrected chi connectivity index (χ4v) is 3.95. The predicted molar refractivity (Wildman–Crippen MR) is 136 cm³/mol. The molecule has 198 valence electrons. The van der Waals surface area contributed by atoms with Crippen molar-refractivity contribution in [2.45, 2.75) is 123 Å². The van der Waals surface area contributed by atoms with Gasteiger partial charge in [-0.2, -0.15) is 0 Å². The summed E-state index contributed by atoms with van der Waals surface area (Å²) in [5, 5.41) is 12.0. The van der Waals surface area contributed by atoms with E-state index in [0.717, 1.165) is 32.2 Å². The molecule has 0 amide bonds. The minimum absolute atomic E-state index is 0.0235. The van der Waals surface area contributed by atoms with E-state index >= 15 is 0 Å². The predicted octanol–water partition coefficient (Wildman–Crippen LogP) is 6.00. The van der Waals surface area contributed by atoms with Gasteiger partial charge in [0, 0.05) is 6.42 Å². The van der Waals surface area contributed by atoms with Crippen LogP contribution in [0.5, 0.6) is 0 Å². The van der Waals surface area contributed by atoms with Crippen molar-refractivity contribution in [3.63, 3.8) is 0 Å². The molecule has 0 aromatic rings. The summed E-state index contributed by atoms with van der Waals surface area (Å²) in [6, 6.07) is 0. The Labute approximate surface area is 204 Å². The molecule has 0 radical (unpaired) electrons. The van der Waals surface area contributed by atoms with Gasteiger partial charge in [-0.25, -0.2) is 0 Å². The topological polar surface area (TPSA) is 77.0 Å². The molecule has 0 rings (SSSR count). The van der Waals surface area contributed by atoms with Crippen LogP contribution in [-0.2, 0) is 19.0 Å². The summed E-state index contributed by atoms with van der Waals surface area (Å²) >= 11 is 0. The zero-order valence-corrected chi connectivity index (χ0v) is 22.1. The van der Waals surface area contributed by atoms with Crippen LogP contribution in [0.15, 0.2) is 0 Å². The van der Waals surface area contributed by atoms with Crippen LogP contribution in [-0.4, -0.2) is 56.9 Å². The lowest BCUT2D eigenvalue weighted by Crippen LogP contribution is -2.30. The molecule has 0 saturated heterocycles. The Kier molecular flexibility index (Phi) is 25.4. The van der Waals surface area contributed by atoms with Crippen LogP contribution < -0.4 is 5.32 Å². The van der Waals surface area contributed by atoms with Gasteiger partial charge in [-0.3, -0.25) is 10.1 Å². The summed E-state index contributed by atoms with van der Waals surface area (Å²) in [5.74, 6) is 0.668. The van der Waals surface area contributed by atoms with Gasteiger partial charge >= 0.3 is 5.97 Å². The van der Waals surface area contributed by atoms with Crippen LogP contribution in [0.25, 0.3) is 0 Å². The monoisotopic (exact) mass is 473 g/mol. The second-order valence-corrected chi connectivity index (χ2v) is 9.19. The van der Waals surface area contributed by atoms with Gasteiger partial charge in [0.1, 0.15) is 6.23 Å². The largest absolute Gasteiger partial charge is 0.466 e. The number of esters is 1. The number of unbranched alkanes of at least 4 members (excludes halogenated alkanes) is 8. The van der Waals surface area contributed by atoms with Crippen LogP contribution >= 0.6 is 0 Å². The molecule has 0 saturated carbocycles. The third-order valence-corrected chi connectivity index (χ3v) is 6.04. The highest BCUT2D eigenvalue weighted by Crippen LogP contribution is 2.21. The minimum atomic E-state index is -0.0433. The number of hydrogen-bond donors (Lipinski definition) is 2. The zero-order chi connectivity index (χ0) is 24.4. The van der Waals surface area contributed by atoms with Crippen molar-refractivity contribution in [2.24, 2.45) is 5.92 Å². The molecule has 6 nitrogen and oxygen atoms in total. The van der Waals surface area contributed by atoms with Gasteiger partial charge in [0.2, 0.25) is 0 Å².